The van der Waals surface area contributed by atoms with E-state index in [-0.39, 0.29) is 17.2 Å². The summed E-state index contributed by atoms with van der Waals surface area (Å²) in [4.78, 5) is 23.5. The Hall–Kier alpha value is -2.09. The van der Waals surface area contributed by atoms with E-state index in [1.54, 1.807) is 19.9 Å². The fourth-order valence-corrected chi connectivity index (χ4v) is 2.60. The normalized spacial score (nSPS) is 13.9. The minimum atomic E-state index is -3.47. The first-order valence-corrected chi connectivity index (χ1v) is 9.06. The van der Waals surface area contributed by atoms with Crippen LogP contribution in [0, 0.1) is 12.8 Å². The van der Waals surface area contributed by atoms with E-state index in [1.165, 1.54) is 12.1 Å². The molecule has 0 aliphatic carbocycles. The number of rotatable bonds is 7. The first-order valence-electron chi connectivity index (χ1n) is 7.17. The number of aryl methyl sites for hydroxylation is 1. The highest BCUT2D eigenvalue weighted by molar-refractivity contribution is 7.92. The van der Waals surface area contributed by atoms with E-state index in [1.807, 2.05) is 6.92 Å². The molecule has 1 aromatic carbocycles. The largest absolute Gasteiger partial charge is 0.480 e. The van der Waals surface area contributed by atoms with Crippen LogP contribution in [0.1, 0.15) is 36.2 Å². The number of carbonyl (C=O) groups is 2. The lowest BCUT2D eigenvalue weighted by Crippen LogP contribution is -2.45. The number of anilines is 1. The maximum atomic E-state index is 12.3. The summed E-state index contributed by atoms with van der Waals surface area (Å²) in [6, 6.07) is 3.51. The van der Waals surface area contributed by atoms with E-state index in [0.717, 1.165) is 6.26 Å². The van der Waals surface area contributed by atoms with Crippen LogP contribution < -0.4 is 10.0 Å². The van der Waals surface area contributed by atoms with E-state index >= 15 is 0 Å². The minimum Gasteiger partial charge on any atom is -0.480 e. The molecule has 3 N–H and O–H groups in total. The molecule has 0 bridgehead atoms. The van der Waals surface area contributed by atoms with Crippen molar-refractivity contribution < 1.29 is 23.1 Å². The van der Waals surface area contributed by atoms with Gasteiger partial charge in [0, 0.05) is 5.56 Å². The van der Waals surface area contributed by atoms with Crippen LogP contribution in [0.25, 0.3) is 0 Å². The van der Waals surface area contributed by atoms with Crippen molar-refractivity contribution in [3.8, 4) is 0 Å². The number of hydrogen-bond acceptors (Lipinski definition) is 4. The second kappa shape index (κ2) is 7.45. The SMILES string of the molecule is CCC(C)C(NC(=O)c1ccc(C)c(NS(C)(=O)=O)c1)C(=O)O. The van der Waals surface area contributed by atoms with Gasteiger partial charge in [0.15, 0.2) is 0 Å². The Morgan fingerprint density at radius 2 is 1.91 bits per heavy atom. The molecule has 8 heteroatoms. The number of hydrogen-bond donors (Lipinski definition) is 3. The van der Waals surface area contributed by atoms with Crippen molar-refractivity contribution in [2.24, 2.45) is 5.92 Å². The molecule has 0 radical (unpaired) electrons. The Bertz CT molecular complexity index is 700. The lowest BCUT2D eigenvalue weighted by atomic mass is 9.98. The first-order chi connectivity index (χ1) is 10.5. The third-order valence-corrected chi connectivity index (χ3v) is 4.15. The van der Waals surface area contributed by atoms with Crippen molar-refractivity contribution in [2.45, 2.75) is 33.2 Å². The highest BCUT2D eigenvalue weighted by Gasteiger charge is 2.26. The number of sulfonamides is 1. The standard InChI is InChI=1S/C15H22N2O5S/c1-5-9(2)13(15(19)20)16-14(18)11-7-6-10(3)12(8-11)17-23(4,21)22/h6-9,13,17H,5H2,1-4H3,(H,16,18)(H,19,20). The van der Waals surface area contributed by atoms with Crippen LogP contribution in [0.3, 0.4) is 0 Å². The molecular weight excluding hydrogens is 320 g/mol. The molecule has 1 amide bonds. The van der Waals surface area contributed by atoms with Crippen LogP contribution in [0.5, 0.6) is 0 Å². The highest BCUT2D eigenvalue weighted by Crippen LogP contribution is 2.18. The molecule has 0 spiro atoms. The molecule has 128 valence electrons. The summed E-state index contributed by atoms with van der Waals surface area (Å²) in [5.74, 6) is -1.89. The zero-order chi connectivity index (χ0) is 17.8. The van der Waals surface area contributed by atoms with Crippen molar-refractivity contribution in [1.82, 2.24) is 5.32 Å². The fourth-order valence-electron chi connectivity index (χ4n) is 1.98. The Labute approximate surface area is 136 Å². The average Bonchev–Trinajstić information content (AvgIpc) is 2.44. The van der Waals surface area contributed by atoms with E-state index in [9.17, 15) is 23.1 Å². The molecule has 0 heterocycles. The maximum absolute atomic E-state index is 12.3. The summed E-state index contributed by atoms with van der Waals surface area (Å²) < 4.78 is 25.0. The third-order valence-electron chi connectivity index (χ3n) is 3.56. The minimum absolute atomic E-state index is 0.191. The summed E-state index contributed by atoms with van der Waals surface area (Å²) >= 11 is 0. The predicted octanol–water partition coefficient (Wildman–Crippen LogP) is 1.60. The summed E-state index contributed by atoms with van der Waals surface area (Å²) in [5.41, 5.74) is 1.13. The Morgan fingerprint density at radius 3 is 2.39 bits per heavy atom. The van der Waals surface area contributed by atoms with Crippen molar-refractivity contribution in [2.75, 3.05) is 11.0 Å². The molecule has 23 heavy (non-hydrogen) atoms. The molecule has 1 rings (SSSR count). The molecule has 1 aromatic rings. The van der Waals surface area contributed by atoms with Gasteiger partial charge in [0.2, 0.25) is 10.0 Å². The molecule has 2 atom stereocenters. The van der Waals surface area contributed by atoms with Gasteiger partial charge >= 0.3 is 5.97 Å². The molecule has 0 saturated heterocycles. The highest BCUT2D eigenvalue weighted by atomic mass is 32.2. The number of carbonyl (C=O) groups excluding carboxylic acids is 1. The second-order valence-electron chi connectivity index (χ2n) is 5.58. The zero-order valence-corrected chi connectivity index (χ0v) is 14.4. The van der Waals surface area contributed by atoms with E-state index in [2.05, 4.69) is 10.0 Å². The van der Waals surface area contributed by atoms with Crippen molar-refractivity contribution in [3.05, 3.63) is 29.3 Å². The number of carboxylic acids is 1. The first kappa shape index (κ1) is 19.0. The Kier molecular flexibility index (Phi) is 6.14. The number of aliphatic carboxylic acids is 1. The topological polar surface area (TPSA) is 113 Å². The van der Waals surface area contributed by atoms with Gasteiger partial charge in [-0.1, -0.05) is 26.3 Å². The van der Waals surface area contributed by atoms with E-state index in [4.69, 9.17) is 0 Å². The van der Waals surface area contributed by atoms with Gasteiger partial charge < -0.3 is 10.4 Å². The van der Waals surface area contributed by atoms with Crippen LogP contribution >= 0.6 is 0 Å². The van der Waals surface area contributed by atoms with Gasteiger partial charge in [-0.15, -0.1) is 0 Å². The molecule has 2 unspecified atom stereocenters. The fraction of sp³-hybridized carbons (Fsp3) is 0.467. The average molecular weight is 342 g/mol. The molecule has 0 aliphatic heterocycles. The van der Waals surface area contributed by atoms with Gasteiger partial charge in [-0.05, 0) is 30.5 Å². The van der Waals surface area contributed by atoms with Crippen LogP contribution in [-0.4, -0.2) is 37.7 Å². The Morgan fingerprint density at radius 1 is 1.30 bits per heavy atom. The monoisotopic (exact) mass is 342 g/mol. The van der Waals surface area contributed by atoms with Crippen LogP contribution in [0.2, 0.25) is 0 Å². The lowest BCUT2D eigenvalue weighted by Gasteiger charge is -2.20. The second-order valence-corrected chi connectivity index (χ2v) is 7.33. The quantitative estimate of drug-likeness (QED) is 0.696. The number of amides is 1. The smallest absolute Gasteiger partial charge is 0.326 e. The van der Waals surface area contributed by atoms with Crippen LogP contribution in [0.4, 0.5) is 5.69 Å². The van der Waals surface area contributed by atoms with Crippen LogP contribution in [0.15, 0.2) is 18.2 Å². The molecule has 7 nitrogen and oxygen atoms in total. The maximum Gasteiger partial charge on any atom is 0.326 e. The summed E-state index contributed by atoms with van der Waals surface area (Å²) in [7, 11) is -3.47. The molecule has 0 saturated carbocycles. The van der Waals surface area contributed by atoms with E-state index < -0.39 is 27.9 Å². The van der Waals surface area contributed by atoms with Gasteiger partial charge in [-0.3, -0.25) is 9.52 Å². The summed E-state index contributed by atoms with van der Waals surface area (Å²) in [6.45, 7) is 5.28. The zero-order valence-electron chi connectivity index (χ0n) is 13.6. The molecule has 0 aromatic heterocycles. The summed E-state index contributed by atoms with van der Waals surface area (Å²) in [6.07, 6.45) is 1.62. The van der Waals surface area contributed by atoms with Crippen molar-refractivity contribution >= 4 is 27.6 Å². The molecular formula is C15H22N2O5S. The van der Waals surface area contributed by atoms with Gasteiger partial charge in [0.05, 0.1) is 11.9 Å². The van der Waals surface area contributed by atoms with Crippen LogP contribution in [-0.2, 0) is 14.8 Å². The van der Waals surface area contributed by atoms with Gasteiger partial charge in [0.25, 0.3) is 5.91 Å². The summed E-state index contributed by atoms with van der Waals surface area (Å²) in [5, 5.41) is 11.7. The third kappa shape index (κ3) is 5.55. The van der Waals surface area contributed by atoms with E-state index in [0.29, 0.717) is 12.0 Å². The number of nitrogens with one attached hydrogen (secondary N) is 2. The molecule has 0 aliphatic rings. The van der Waals surface area contributed by atoms with Gasteiger partial charge in [-0.25, -0.2) is 13.2 Å². The van der Waals surface area contributed by atoms with Gasteiger partial charge in [-0.2, -0.15) is 0 Å². The van der Waals surface area contributed by atoms with Crippen molar-refractivity contribution in [3.63, 3.8) is 0 Å². The lowest BCUT2D eigenvalue weighted by molar-refractivity contribution is -0.140. The van der Waals surface area contributed by atoms with Gasteiger partial charge in [0.1, 0.15) is 6.04 Å². The Balaban J connectivity index is 3.04. The number of carboxylic acid groups (broad SMARTS) is 1. The molecule has 0 fully saturated rings. The number of benzene rings is 1. The van der Waals surface area contributed by atoms with Crippen molar-refractivity contribution in [1.29, 1.82) is 0 Å². The predicted molar refractivity (Wildman–Crippen MR) is 88.0 cm³/mol.